The monoisotopic (exact) mass is 386 g/mol. The molecule has 0 aliphatic carbocycles. The molecule has 19 heavy (non-hydrogen) atoms. The van der Waals surface area contributed by atoms with Gasteiger partial charge in [0.1, 0.15) is 0 Å². The number of aryl methyl sites for hydroxylation is 2. The van der Waals surface area contributed by atoms with Gasteiger partial charge < -0.3 is 5.11 Å². The molecule has 0 heterocycles. The van der Waals surface area contributed by atoms with Crippen LogP contribution in [0.4, 0.5) is 0 Å². The Morgan fingerprint density at radius 2 is 1.89 bits per heavy atom. The fourth-order valence-electron chi connectivity index (χ4n) is 2.07. The molecular weight excluding hydrogens is 371 g/mol. The Balaban J connectivity index is 2.22. The van der Waals surface area contributed by atoms with E-state index >= 15 is 0 Å². The van der Waals surface area contributed by atoms with Crippen molar-refractivity contribution in [3.05, 3.63) is 67.2 Å². The molecule has 0 aromatic heterocycles. The van der Waals surface area contributed by atoms with Crippen LogP contribution in [0, 0.1) is 17.4 Å². The van der Waals surface area contributed by atoms with Gasteiger partial charge in [0.25, 0.3) is 0 Å². The first kappa shape index (κ1) is 14.8. The lowest BCUT2D eigenvalue weighted by Gasteiger charge is -2.14. The maximum Gasteiger partial charge on any atom is 0.0831 e. The van der Waals surface area contributed by atoms with Crippen LogP contribution in [0.5, 0.6) is 0 Å². The molecule has 0 aliphatic heterocycles. The Labute approximate surface area is 132 Å². The van der Waals surface area contributed by atoms with Crippen molar-refractivity contribution in [1.82, 2.24) is 0 Å². The van der Waals surface area contributed by atoms with E-state index in [0.29, 0.717) is 11.4 Å². The normalized spacial score (nSPS) is 12.5. The summed E-state index contributed by atoms with van der Waals surface area (Å²) in [4.78, 5) is 0. The van der Waals surface area contributed by atoms with Gasteiger partial charge in [0, 0.05) is 9.99 Å². The third-order valence-corrected chi connectivity index (χ3v) is 4.82. The molecule has 1 unspecified atom stereocenters. The minimum atomic E-state index is -0.519. The predicted octanol–water partition coefficient (Wildman–Crippen LogP) is 4.84. The molecule has 0 saturated heterocycles. The van der Waals surface area contributed by atoms with E-state index < -0.39 is 6.10 Å². The van der Waals surface area contributed by atoms with Crippen LogP contribution in [-0.4, -0.2) is 5.11 Å². The van der Waals surface area contributed by atoms with E-state index in [9.17, 15) is 5.11 Å². The van der Waals surface area contributed by atoms with E-state index in [0.717, 1.165) is 9.13 Å². The van der Waals surface area contributed by atoms with Crippen molar-refractivity contribution in [3.63, 3.8) is 0 Å². The zero-order chi connectivity index (χ0) is 14.0. The fourth-order valence-corrected chi connectivity index (χ4v) is 2.59. The van der Waals surface area contributed by atoms with E-state index in [2.05, 4.69) is 54.6 Å². The van der Waals surface area contributed by atoms with Crippen molar-refractivity contribution in [3.8, 4) is 0 Å². The van der Waals surface area contributed by atoms with Gasteiger partial charge in [-0.15, -0.1) is 0 Å². The largest absolute Gasteiger partial charge is 0.388 e. The lowest BCUT2D eigenvalue weighted by atomic mass is 9.97. The highest BCUT2D eigenvalue weighted by Gasteiger charge is 2.11. The van der Waals surface area contributed by atoms with Gasteiger partial charge >= 0.3 is 0 Å². The van der Waals surface area contributed by atoms with Gasteiger partial charge in [-0.3, -0.25) is 0 Å². The van der Waals surface area contributed by atoms with E-state index in [4.69, 9.17) is 11.6 Å². The van der Waals surface area contributed by atoms with Gasteiger partial charge in [-0.1, -0.05) is 41.4 Å². The molecular formula is C16H16ClIO. The summed E-state index contributed by atoms with van der Waals surface area (Å²) in [6, 6.07) is 12.0. The van der Waals surface area contributed by atoms with Crippen LogP contribution in [0.3, 0.4) is 0 Å². The second kappa shape index (κ2) is 6.25. The van der Waals surface area contributed by atoms with Crippen molar-refractivity contribution in [1.29, 1.82) is 0 Å². The van der Waals surface area contributed by atoms with E-state index in [1.165, 1.54) is 16.7 Å². The average Bonchev–Trinajstić information content (AvgIpc) is 2.37. The van der Waals surface area contributed by atoms with Crippen molar-refractivity contribution in [2.45, 2.75) is 26.4 Å². The number of halogens is 2. The predicted molar refractivity (Wildman–Crippen MR) is 88.7 cm³/mol. The van der Waals surface area contributed by atoms with Gasteiger partial charge in [-0.05, 0) is 65.3 Å². The summed E-state index contributed by atoms with van der Waals surface area (Å²) < 4.78 is 1.00. The molecule has 0 spiro atoms. The van der Waals surface area contributed by atoms with Crippen LogP contribution in [0.2, 0.25) is 5.02 Å². The third kappa shape index (κ3) is 3.71. The van der Waals surface area contributed by atoms with Gasteiger partial charge in [0.05, 0.1) is 11.1 Å². The Kier molecular flexibility index (Phi) is 4.87. The number of hydrogen-bond acceptors (Lipinski definition) is 1. The van der Waals surface area contributed by atoms with Crippen molar-refractivity contribution < 1.29 is 5.11 Å². The summed E-state index contributed by atoms with van der Waals surface area (Å²) in [6.45, 7) is 4.14. The Morgan fingerprint density at radius 3 is 2.58 bits per heavy atom. The van der Waals surface area contributed by atoms with Crippen LogP contribution in [0.15, 0.2) is 36.4 Å². The molecule has 1 N–H and O–H groups in total. The smallest absolute Gasteiger partial charge is 0.0831 e. The van der Waals surface area contributed by atoms with Crippen molar-refractivity contribution in [2.24, 2.45) is 0 Å². The zero-order valence-corrected chi connectivity index (χ0v) is 13.9. The average molecular weight is 387 g/mol. The zero-order valence-electron chi connectivity index (χ0n) is 11.0. The van der Waals surface area contributed by atoms with Crippen LogP contribution in [0.25, 0.3) is 0 Å². The lowest BCUT2D eigenvalue weighted by molar-refractivity contribution is 0.178. The first-order chi connectivity index (χ1) is 8.97. The summed E-state index contributed by atoms with van der Waals surface area (Å²) >= 11 is 8.28. The first-order valence-electron chi connectivity index (χ1n) is 6.16. The number of aliphatic hydroxyl groups is 1. The molecule has 0 amide bonds. The van der Waals surface area contributed by atoms with Gasteiger partial charge in [-0.2, -0.15) is 0 Å². The molecule has 0 radical (unpaired) electrons. The molecule has 2 aromatic rings. The van der Waals surface area contributed by atoms with Crippen molar-refractivity contribution >= 4 is 34.2 Å². The van der Waals surface area contributed by atoms with Crippen LogP contribution in [0.1, 0.15) is 28.4 Å². The minimum absolute atomic E-state index is 0.519. The summed E-state index contributed by atoms with van der Waals surface area (Å²) in [7, 11) is 0. The van der Waals surface area contributed by atoms with Gasteiger partial charge in [-0.25, -0.2) is 0 Å². The highest BCUT2D eigenvalue weighted by molar-refractivity contribution is 14.1. The Hall–Kier alpha value is -0.580. The maximum absolute atomic E-state index is 10.3. The maximum atomic E-state index is 10.3. The molecule has 100 valence electrons. The molecule has 2 rings (SSSR count). The summed E-state index contributed by atoms with van der Waals surface area (Å²) in [6.07, 6.45) is 0.0970. The van der Waals surface area contributed by atoms with Crippen LogP contribution < -0.4 is 0 Å². The van der Waals surface area contributed by atoms with Gasteiger partial charge in [0.15, 0.2) is 0 Å². The molecule has 1 nitrogen and oxygen atoms in total. The number of rotatable bonds is 3. The first-order valence-corrected chi connectivity index (χ1v) is 7.62. The molecule has 3 heteroatoms. The standard InChI is InChI=1S/C16H16ClIO/c1-10-3-4-11(2)13(7-10)9-16(19)12-5-6-15(18)14(17)8-12/h3-8,16,19H,9H2,1-2H3. The van der Waals surface area contributed by atoms with Gasteiger partial charge in [0.2, 0.25) is 0 Å². The Morgan fingerprint density at radius 1 is 1.16 bits per heavy atom. The number of hydrogen-bond donors (Lipinski definition) is 1. The Bertz CT molecular complexity index is 595. The molecule has 1 atom stereocenters. The van der Waals surface area contributed by atoms with E-state index in [1.54, 1.807) is 0 Å². The number of aliphatic hydroxyl groups excluding tert-OH is 1. The van der Waals surface area contributed by atoms with E-state index in [1.807, 2.05) is 18.2 Å². The molecule has 0 bridgehead atoms. The van der Waals surface area contributed by atoms with Crippen LogP contribution in [-0.2, 0) is 6.42 Å². The lowest BCUT2D eigenvalue weighted by Crippen LogP contribution is -2.03. The van der Waals surface area contributed by atoms with Crippen LogP contribution >= 0.6 is 34.2 Å². The highest BCUT2D eigenvalue weighted by atomic mass is 127. The second-order valence-electron chi connectivity index (χ2n) is 4.82. The summed E-state index contributed by atoms with van der Waals surface area (Å²) in [5.41, 5.74) is 4.48. The summed E-state index contributed by atoms with van der Waals surface area (Å²) in [5, 5.41) is 11.0. The highest BCUT2D eigenvalue weighted by Crippen LogP contribution is 2.26. The SMILES string of the molecule is Cc1ccc(C)c(CC(O)c2ccc(I)c(Cl)c2)c1. The summed E-state index contributed by atoms with van der Waals surface area (Å²) in [5.74, 6) is 0. The minimum Gasteiger partial charge on any atom is -0.388 e. The molecule has 0 fully saturated rings. The topological polar surface area (TPSA) is 20.2 Å². The van der Waals surface area contributed by atoms with E-state index in [-0.39, 0.29) is 0 Å². The van der Waals surface area contributed by atoms with Crippen molar-refractivity contribution in [2.75, 3.05) is 0 Å². The third-order valence-electron chi connectivity index (χ3n) is 3.25. The molecule has 0 saturated carbocycles. The quantitative estimate of drug-likeness (QED) is 0.749. The fraction of sp³-hybridized carbons (Fsp3) is 0.250. The molecule has 2 aromatic carbocycles. The number of benzene rings is 2. The second-order valence-corrected chi connectivity index (χ2v) is 6.39. The molecule has 0 aliphatic rings.